The summed E-state index contributed by atoms with van der Waals surface area (Å²) in [6.07, 6.45) is 1.70. The number of aliphatic hydroxyl groups excluding tert-OH is 1. The lowest BCUT2D eigenvalue weighted by Crippen LogP contribution is -2.38. The molecule has 0 bridgehead atoms. The molecule has 1 N–H and O–H groups in total. The number of aromatic nitrogens is 3. The van der Waals surface area contributed by atoms with Crippen molar-refractivity contribution in [3.63, 3.8) is 0 Å². The predicted octanol–water partition coefficient (Wildman–Crippen LogP) is 0.618. The number of likely N-dealkylation sites (N-methyl/N-ethyl adjacent to an activating group) is 1. The predicted molar refractivity (Wildman–Crippen MR) is 95.6 cm³/mol. The van der Waals surface area contributed by atoms with E-state index in [1.54, 1.807) is 36.2 Å². The van der Waals surface area contributed by atoms with Crippen molar-refractivity contribution in [3.05, 3.63) is 54.1 Å². The van der Waals surface area contributed by atoms with Gasteiger partial charge in [-0.2, -0.15) is 0 Å². The fraction of sp³-hybridized carbons (Fsp3) is 0.333. The van der Waals surface area contributed by atoms with Crippen molar-refractivity contribution < 1.29 is 14.7 Å². The second kappa shape index (κ2) is 7.49. The van der Waals surface area contributed by atoms with E-state index in [0.29, 0.717) is 37.3 Å². The third-order valence-electron chi connectivity index (χ3n) is 4.46. The summed E-state index contributed by atoms with van der Waals surface area (Å²) < 4.78 is 1.96. The minimum absolute atomic E-state index is 0.0237. The molecule has 8 heteroatoms. The molecule has 0 spiro atoms. The summed E-state index contributed by atoms with van der Waals surface area (Å²) in [5, 5.41) is 17.3. The molecule has 0 fully saturated rings. The van der Waals surface area contributed by atoms with Gasteiger partial charge < -0.3 is 19.5 Å². The number of anilines is 1. The molecule has 2 amide bonds. The van der Waals surface area contributed by atoms with Crippen molar-refractivity contribution in [2.75, 3.05) is 25.1 Å². The monoisotopic (exact) mass is 355 g/mol. The van der Waals surface area contributed by atoms with Gasteiger partial charge in [-0.15, -0.1) is 10.2 Å². The van der Waals surface area contributed by atoms with Crippen molar-refractivity contribution in [1.29, 1.82) is 0 Å². The molecule has 8 nitrogen and oxygen atoms in total. The summed E-state index contributed by atoms with van der Waals surface area (Å²) in [4.78, 5) is 27.6. The van der Waals surface area contributed by atoms with Crippen molar-refractivity contribution in [2.45, 2.75) is 19.5 Å². The van der Waals surface area contributed by atoms with Crippen LogP contribution in [0.3, 0.4) is 0 Å². The van der Waals surface area contributed by atoms with Crippen LogP contribution in [-0.2, 0) is 24.3 Å². The van der Waals surface area contributed by atoms with E-state index in [-0.39, 0.29) is 18.4 Å². The molecule has 0 aliphatic carbocycles. The quantitative estimate of drug-likeness (QED) is 0.794. The molecule has 1 aromatic carbocycles. The first-order valence-electron chi connectivity index (χ1n) is 8.36. The third kappa shape index (κ3) is 3.36. The second-order valence-corrected chi connectivity index (χ2v) is 6.03. The van der Waals surface area contributed by atoms with Gasteiger partial charge >= 0.3 is 0 Å². The zero-order valence-electron chi connectivity index (χ0n) is 14.6. The fourth-order valence-electron chi connectivity index (χ4n) is 2.95. The number of benzene rings is 1. The van der Waals surface area contributed by atoms with Crippen LogP contribution in [0.1, 0.15) is 22.0 Å². The average molecular weight is 355 g/mol. The first kappa shape index (κ1) is 17.8. The van der Waals surface area contributed by atoms with Gasteiger partial charge in [0.05, 0.1) is 13.2 Å². The minimum atomic E-state index is -0.210. The lowest BCUT2D eigenvalue weighted by Gasteiger charge is -2.28. The Morgan fingerprint density at radius 1 is 1.27 bits per heavy atom. The van der Waals surface area contributed by atoms with E-state index in [2.05, 4.69) is 16.8 Å². The second-order valence-electron chi connectivity index (χ2n) is 6.03. The molecule has 26 heavy (non-hydrogen) atoms. The normalized spacial score (nSPS) is 13.2. The molecule has 1 aliphatic heterocycles. The molecule has 2 heterocycles. The summed E-state index contributed by atoms with van der Waals surface area (Å²) in [5.74, 6) is 1.17. The minimum Gasteiger partial charge on any atom is -0.396 e. The van der Waals surface area contributed by atoms with Crippen LogP contribution in [-0.4, -0.2) is 56.8 Å². The Labute approximate surface area is 151 Å². The number of fused-ring (bicyclic) bond motifs is 1. The van der Waals surface area contributed by atoms with Crippen molar-refractivity contribution in [3.8, 4) is 0 Å². The topological polar surface area (TPSA) is 91.6 Å². The van der Waals surface area contributed by atoms with Crippen LogP contribution in [0.4, 0.5) is 5.69 Å². The van der Waals surface area contributed by atoms with Crippen molar-refractivity contribution >= 4 is 17.5 Å². The van der Waals surface area contributed by atoms with E-state index < -0.39 is 0 Å². The Balaban J connectivity index is 1.71. The van der Waals surface area contributed by atoms with E-state index in [0.717, 1.165) is 11.6 Å². The summed E-state index contributed by atoms with van der Waals surface area (Å²) in [6.45, 7) is 5.04. The number of carbonyl (C=O) groups excluding carboxylic acids is 2. The number of rotatable bonds is 5. The van der Waals surface area contributed by atoms with E-state index in [4.69, 9.17) is 5.11 Å². The molecule has 136 valence electrons. The zero-order valence-corrected chi connectivity index (χ0v) is 14.6. The number of hydrogen-bond donors (Lipinski definition) is 1. The summed E-state index contributed by atoms with van der Waals surface area (Å²) >= 11 is 0. The highest BCUT2D eigenvalue weighted by Gasteiger charge is 2.25. The van der Waals surface area contributed by atoms with Gasteiger partial charge in [0.2, 0.25) is 5.91 Å². The Hall–Kier alpha value is -3.00. The third-order valence-corrected chi connectivity index (χ3v) is 4.46. The number of hydrogen-bond acceptors (Lipinski definition) is 5. The molecule has 1 aromatic heterocycles. The molecule has 2 aromatic rings. The molecule has 3 rings (SSSR count). The van der Waals surface area contributed by atoms with Gasteiger partial charge in [-0.1, -0.05) is 6.58 Å². The van der Waals surface area contributed by atoms with Gasteiger partial charge in [-0.25, -0.2) is 0 Å². The standard InChI is InChI=1S/C18H21N5O3/c1-3-17(25)21(2)14-6-4-13(5-7-14)18(26)22-9-10-23-15(8-11-24)19-20-16(23)12-22/h3-7,24H,1,8-12H2,2H3. The highest BCUT2D eigenvalue weighted by atomic mass is 16.3. The maximum atomic E-state index is 12.7. The molecular weight excluding hydrogens is 334 g/mol. The highest BCUT2D eigenvalue weighted by molar-refractivity contribution is 6.01. The van der Waals surface area contributed by atoms with Crippen LogP contribution in [0.5, 0.6) is 0 Å². The van der Waals surface area contributed by atoms with Crippen LogP contribution >= 0.6 is 0 Å². The molecule has 1 aliphatic rings. The van der Waals surface area contributed by atoms with E-state index in [1.807, 2.05) is 4.57 Å². The molecule has 0 saturated heterocycles. The lowest BCUT2D eigenvalue weighted by molar-refractivity contribution is -0.113. The van der Waals surface area contributed by atoms with Crippen LogP contribution in [0, 0.1) is 0 Å². The van der Waals surface area contributed by atoms with Gasteiger partial charge in [0.1, 0.15) is 5.82 Å². The van der Waals surface area contributed by atoms with Crippen LogP contribution in [0.25, 0.3) is 0 Å². The molecule has 0 radical (unpaired) electrons. The number of carbonyl (C=O) groups is 2. The first-order valence-corrected chi connectivity index (χ1v) is 8.36. The first-order chi connectivity index (χ1) is 12.5. The molecule has 0 atom stereocenters. The van der Waals surface area contributed by atoms with Gasteiger partial charge in [0.25, 0.3) is 5.91 Å². The van der Waals surface area contributed by atoms with Crippen LogP contribution in [0.15, 0.2) is 36.9 Å². The molecule has 0 unspecified atom stereocenters. The van der Waals surface area contributed by atoms with Crippen LogP contribution in [0.2, 0.25) is 0 Å². The largest absolute Gasteiger partial charge is 0.396 e. The SMILES string of the molecule is C=CC(=O)N(C)c1ccc(C(=O)N2CCn3c(CCO)nnc3C2)cc1. The molecule has 0 saturated carbocycles. The number of amides is 2. The number of aliphatic hydroxyl groups is 1. The maximum Gasteiger partial charge on any atom is 0.254 e. The maximum absolute atomic E-state index is 12.7. The van der Waals surface area contributed by atoms with E-state index in [1.165, 1.54) is 11.0 Å². The van der Waals surface area contributed by atoms with Crippen molar-refractivity contribution in [2.24, 2.45) is 0 Å². The van der Waals surface area contributed by atoms with Gasteiger partial charge in [0, 0.05) is 37.8 Å². The molecular formula is C18H21N5O3. The lowest BCUT2D eigenvalue weighted by atomic mass is 10.1. The summed E-state index contributed by atoms with van der Waals surface area (Å²) in [7, 11) is 1.66. The van der Waals surface area contributed by atoms with Gasteiger partial charge in [-0.05, 0) is 30.3 Å². The number of nitrogens with zero attached hydrogens (tertiary/aromatic N) is 5. The Morgan fingerprint density at radius 3 is 2.65 bits per heavy atom. The highest BCUT2D eigenvalue weighted by Crippen LogP contribution is 2.19. The fourth-order valence-corrected chi connectivity index (χ4v) is 2.95. The van der Waals surface area contributed by atoms with Gasteiger partial charge in [-0.3, -0.25) is 9.59 Å². The van der Waals surface area contributed by atoms with Gasteiger partial charge in [0.15, 0.2) is 5.82 Å². The Morgan fingerprint density at radius 2 is 2.00 bits per heavy atom. The average Bonchev–Trinajstić information content (AvgIpc) is 3.08. The summed E-state index contributed by atoms with van der Waals surface area (Å²) in [6, 6.07) is 6.89. The van der Waals surface area contributed by atoms with Crippen molar-refractivity contribution in [1.82, 2.24) is 19.7 Å². The van der Waals surface area contributed by atoms with Crippen LogP contribution < -0.4 is 4.90 Å². The van der Waals surface area contributed by atoms with E-state index in [9.17, 15) is 9.59 Å². The Bertz CT molecular complexity index is 828. The van der Waals surface area contributed by atoms with E-state index >= 15 is 0 Å². The smallest absolute Gasteiger partial charge is 0.254 e. The summed E-state index contributed by atoms with van der Waals surface area (Å²) in [5.41, 5.74) is 1.25. The Kier molecular flexibility index (Phi) is 5.13. The zero-order chi connectivity index (χ0) is 18.7.